The number of amides is 1. The SMILES string of the molecule is C=C(NNC(=O)CSc1nnc(-c2ccc(Cl)cc2)n1CC)c1ccc(OC)c(OC)c1. The van der Waals surface area contributed by atoms with Gasteiger partial charge < -0.3 is 14.0 Å². The van der Waals surface area contributed by atoms with Gasteiger partial charge in [0.2, 0.25) is 5.91 Å². The van der Waals surface area contributed by atoms with Crippen LogP contribution in [0, 0.1) is 0 Å². The van der Waals surface area contributed by atoms with Crippen LogP contribution in [0.5, 0.6) is 11.5 Å². The number of thioether (sulfide) groups is 1. The molecule has 2 N–H and O–H groups in total. The van der Waals surface area contributed by atoms with Crippen LogP contribution < -0.4 is 20.3 Å². The van der Waals surface area contributed by atoms with Crippen LogP contribution >= 0.6 is 23.4 Å². The fraction of sp³-hybridized carbons (Fsp3) is 0.227. The first-order valence-corrected chi connectivity index (χ1v) is 11.1. The summed E-state index contributed by atoms with van der Waals surface area (Å²) < 4.78 is 12.5. The third-order valence-electron chi connectivity index (χ3n) is 4.55. The zero-order valence-electron chi connectivity index (χ0n) is 18.0. The van der Waals surface area contributed by atoms with Crippen LogP contribution in [0.3, 0.4) is 0 Å². The van der Waals surface area contributed by atoms with E-state index in [0.717, 1.165) is 17.0 Å². The van der Waals surface area contributed by atoms with Crippen molar-refractivity contribution in [1.29, 1.82) is 0 Å². The van der Waals surface area contributed by atoms with Crippen molar-refractivity contribution in [3.05, 3.63) is 59.6 Å². The minimum atomic E-state index is -0.227. The zero-order valence-corrected chi connectivity index (χ0v) is 19.6. The number of nitrogens with one attached hydrogen (secondary N) is 2. The number of methoxy groups -OCH3 is 2. The van der Waals surface area contributed by atoms with Crippen LogP contribution in [0.25, 0.3) is 17.1 Å². The molecule has 3 rings (SSSR count). The average molecular weight is 474 g/mol. The Hall–Kier alpha value is -3.17. The van der Waals surface area contributed by atoms with E-state index >= 15 is 0 Å². The van der Waals surface area contributed by atoms with E-state index in [1.807, 2.05) is 41.8 Å². The first-order chi connectivity index (χ1) is 15.5. The fourth-order valence-electron chi connectivity index (χ4n) is 2.90. The topological polar surface area (TPSA) is 90.3 Å². The summed E-state index contributed by atoms with van der Waals surface area (Å²) in [6.07, 6.45) is 0. The molecule has 1 amide bonds. The number of carbonyl (C=O) groups is 1. The molecular weight excluding hydrogens is 450 g/mol. The van der Waals surface area contributed by atoms with E-state index in [0.29, 0.717) is 33.9 Å². The van der Waals surface area contributed by atoms with Crippen molar-refractivity contribution in [2.45, 2.75) is 18.6 Å². The number of benzene rings is 2. The van der Waals surface area contributed by atoms with E-state index in [1.54, 1.807) is 26.4 Å². The molecule has 0 aliphatic rings. The minimum absolute atomic E-state index is 0.158. The van der Waals surface area contributed by atoms with Gasteiger partial charge in [0.1, 0.15) is 0 Å². The number of ether oxygens (including phenoxy) is 2. The predicted octanol–water partition coefficient (Wildman–Crippen LogP) is 4.02. The number of hydrogen-bond acceptors (Lipinski definition) is 7. The molecule has 0 unspecified atom stereocenters. The Balaban J connectivity index is 1.57. The van der Waals surface area contributed by atoms with E-state index in [1.165, 1.54) is 11.8 Å². The van der Waals surface area contributed by atoms with E-state index in [4.69, 9.17) is 21.1 Å². The van der Waals surface area contributed by atoms with Gasteiger partial charge in [0, 0.05) is 22.7 Å². The van der Waals surface area contributed by atoms with Gasteiger partial charge in [0.05, 0.1) is 25.7 Å². The van der Waals surface area contributed by atoms with Gasteiger partial charge in [0.25, 0.3) is 0 Å². The lowest BCUT2D eigenvalue weighted by Gasteiger charge is -2.13. The molecule has 0 fully saturated rings. The van der Waals surface area contributed by atoms with Crippen molar-refractivity contribution in [3.8, 4) is 22.9 Å². The van der Waals surface area contributed by atoms with Gasteiger partial charge in [-0.2, -0.15) is 0 Å². The third kappa shape index (κ3) is 5.54. The summed E-state index contributed by atoms with van der Waals surface area (Å²) in [6, 6.07) is 12.8. The molecule has 32 heavy (non-hydrogen) atoms. The summed E-state index contributed by atoms with van der Waals surface area (Å²) in [5, 5.41) is 9.83. The van der Waals surface area contributed by atoms with Crippen LogP contribution in [-0.4, -0.2) is 40.6 Å². The molecular formula is C22H24ClN5O3S. The highest BCUT2D eigenvalue weighted by Crippen LogP contribution is 2.29. The molecule has 0 aliphatic heterocycles. The Bertz CT molecular complexity index is 1100. The Kier molecular flexibility index (Phi) is 8.02. The highest BCUT2D eigenvalue weighted by molar-refractivity contribution is 7.99. The summed E-state index contributed by atoms with van der Waals surface area (Å²) in [7, 11) is 3.13. The van der Waals surface area contributed by atoms with Crippen molar-refractivity contribution < 1.29 is 14.3 Å². The minimum Gasteiger partial charge on any atom is -0.493 e. The summed E-state index contributed by atoms with van der Waals surface area (Å²) in [4.78, 5) is 12.3. The first-order valence-electron chi connectivity index (χ1n) is 9.74. The number of rotatable bonds is 10. The lowest BCUT2D eigenvalue weighted by atomic mass is 10.1. The standard InChI is InChI=1S/C22H24ClN5O3S/c1-5-28-21(15-6-9-17(23)10-7-15)26-27-22(28)32-13-20(29)25-24-14(2)16-8-11-18(30-3)19(12-16)31-4/h6-12,24H,2,5,13H2,1,3-4H3,(H,25,29). The molecule has 1 heterocycles. The molecule has 10 heteroatoms. The molecule has 0 spiro atoms. The van der Waals surface area contributed by atoms with Gasteiger partial charge in [-0.15, -0.1) is 10.2 Å². The summed E-state index contributed by atoms with van der Waals surface area (Å²) in [6.45, 7) is 6.62. The maximum atomic E-state index is 12.3. The van der Waals surface area contributed by atoms with Gasteiger partial charge in [0.15, 0.2) is 22.5 Å². The van der Waals surface area contributed by atoms with Crippen LogP contribution in [-0.2, 0) is 11.3 Å². The molecule has 0 saturated heterocycles. The lowest BCUT2D eigenvalue weighted by molar-refractivity contribution is -0.119. The van der Waals surface area contributed by atoms with E-state index in [2.05, 4.69) is 27.6 Å². The summed E-state index contributed by atoms with van der Waals surface area (Å²) in [5.41, 5.74) is 7.66. The highest BCUT2D eigenvalue weighted by atomic mass is 35.5. The molecule has 0 atom stereocenters. The number of hydrazine groups is 1. The number of nitrogens with zero attached hydrogens (tertiary/aromatic N) is 3. The molecule has 8 nitrogen and oxygen atoms in total. The van der Waals surface area contributed by atoms with Crippen LogP contribution in [0.4, 0.5) is 0 Å². The van der Waals surface area contributed by atoms with Crippen molar-refractivity contribution in [3.63, 3.8) is 0 Å². The predicted molar refractivity (Wildman–Crippen MR) is 127 cm³/mol. The van der Waals surface area contributed by atoms with E-state index in [-0.39, 0.29) is 11.7 Å². The van der Waals surface area contributed by atoms with Crippen LogP contribution in [0.2, 0.25) is 5.02 Å². The normalized spacial score (nSPS) is 10.5. The van der Waals surface area contributed by atoms with Crippen LogP contribution in [0.1, 0.15) is 12.5 Å². The van der Waals surface area contributed by atoms with E-state index < -0.39 is 0 Å². The van der Waals surface area contributed by atoms with E-state index in [9.17, 15) is 4.79 Å². The van der Waals surface area contributed by atoms with Gasteiger partial charge >= 0.3 is 0 Å². The quantitative estimate of drug-likeness (QED) is 0.339. The monoisotopic (exact) mass is 473 g/mol. The molecule has 1 aromatic heterocycles. The number of aromatic nitrogens is 3. The maximum absolute atomic E-state index is 12.3. The van der Waals surface area contributed by atoms with Crippen LogP contribution in [0.15, 0.2) is 54.2 Å². The maximum Gasteiger partial charge on any atom is 0.248 e. The Morgan fingerprint density at radius 1 is 1.09 bits per heavy atom. The third-order valence-corrected chi connectivity index (χ3v) is 5.77. The molecule has 0 bridgehead atoms. The van der Waals surface area contributed by atoms with Gasteiger partial charge in [-0.1, -0.05) is 29.9 Å². The second-order valence-corrected chi connectivity index (χ2v) is 7.95. The largest absolute Gasteiger partial charge is 0.493 e. The molecule has 0 aliphatic carbocycles. The Morgan fingerprint density at radius 3 is 2.47 bits per heavy atom. The number of halogens is 1. The Labute approximate surface area is 195 Å². The summed E-state index contributed by atoms with van der Waals surface area (Å²) in [5.74, 6) is 1.85. The average Bonchev–Trinajstić information content (AvgIpc) is 3.24. The summed E-state index contributed by atoms with van der Waals surface area (Å²) >= 11 is 7.27. The van der Waals surface area contributed by atoms with Crippen molar-refractivity contribution in [2.75, 3.05) is 20.0 Å². The molecule has 2 aromatic carbocycles. The molecule has 168 valence electrons. The second kappa shape index (κ2) is 10.9. The zero-order chi connectivity index (χ0) is 23.1. The Morgan fingerprint density at radius 2 is 1.81 bits per heavy atom. The van der Waals surface area contributed by atoms with Crippen molar-refractivity contribution in [1.82, 2.24) is 25.6 Å². The van der Waals surface area contributed by atoms with Crippen molar-refractivity contribution in [2.24, 2.45) is 0 Å². The second-order valence-electron chi connectivity index (χ2n) is 6.57. The number of carbonyl (C=O) groups excluding carboxylic acids is 1. The lowest BCUT2D eigenvalue weighted by Crippen LogP contribution is -2.37. The van der Waals surface area contributed by atoms with Gasteiger partial charge in [-0.25, -0.2) is 0 Å². The van der Waals surface area contributed by atoms with Gasteiger partial charge in [-0.3, -0.25) is 15.6 Å². The first kappa shape index (κ1) is 23.5. The molecule has 0 radical (unpaired) electrons. The van der Waals surface area contributed by atoms with Crippen molar-refractivity contribution >= 4 is 35.0 Å². The smallest absolute Gasteiger partial charge is 0.248 e. The number of hydrogen-bond donors (Lipinski definition) is 2. The van der Waals surface area contributed by atoms with Gasteiger partial charge in [-0.05, 0) is 49.4 Å². The molecule has 3 aromatic rings. The fourth-order valence-corrected chi connectivity index (χ4v) is 3.83. The highest BCUT2D eigenvalue weighted by Gasteiger charge is 2.15. The molecule has 0 saturated carbocycles.